The van der Waals surface area contributed by atoms with E-state index < -0.39 is 0 Å². The second-order valence-electron chi connectivity index (χ2n) is 5.08. The number of rotatable bonds is 3. The molecule has 3 aromatic rings. The Morgan fingerprint density at radius 2 is 1.95 bits per heavy atom. The van der Waals surface area contributed by atoms with Gasteiger partial charge < -0.3 is 14.5 Å². The minimum atomic E-state index is -0.203. The molecule has 0 radical (unpaired) electrons. The Labute approximate surface area is 128 Å². The smallest absolute Gasteiger partial charge is 0.259 e. The van der Waals surface area contributed by atoms with Crippen LogP contribution in [0.15, 0.2) is 42.6 Å². The molecule has 1 N–H and O–H groups in total. The number of methoxy groups -OCH3 is 1. The number of ether oxygens (including phenoxy) is 1. The first-order valence-electron chi connectivity index (χ1n) is 7.00. The summed E-state index contributed by atoms with van der Waals surface area (Å²) in [5.41, 5.74) is 4.12. The topological polar surface area (TPSA) is 55.6 Å². The summed E-state index contributed by atoms with van der Waals surface area (Å²) in [7, 11) is 1.55. The number of nitrogens with one attached hydrogen (secondary N) is 1. The van der Waals surface area contributed by atoms with Crippen molar-refractivity contribution in [2.24, 2.45) is 0 Å². The average Bonchev–Trinajstić information content (AvgIpc) is 2.82. The number of benzene rings is 1. The van der Waals surface area contributed by atoms with Crippen molar-refractivity contribution in [1.29, 1.82) is 0 Å². The summed E-state index contributed by atoms with van der Waals surface area (Å²) in [6, 6.07) is 10.9. The Hall–Kier alpha value is -2.82. The van der Waals surface area contributed by atoms with Gasteiger partial charge in [-0.2, -0.15) is 0 Å². The summed E-state index contributed by atoms with van der Waals surface area (Å²) >= 11 is 0. The van der Waals surface area contributed by atoms with Crippen LogP contribution in [0.1, 0.15) is 21.7 Å². The van der Waals surface area contributed by atoms with Crippen LogP contribution in [0.5, 0.6) is 5.75 Å². The van der Waals surface area contributed by atoms with Gasteiger partial charge in [-0.1, -0.05) is 12.1 Å². The molecule has 0 bridgehead atoms. The van der Waals surface area contributed by atoms with E-state index in [1.807, 2.05) is 48.7 Å². The van der Waals surface area contributed by atoms with Crippen LogP contribution in [-0.4, -0.2) is 22.4 Å². The summed E-state index contributed by atoms with van der Waals surface area (Å²) in [5.74, 6) is 0.349. The molecule has 0 unspecified atom stereocenters. The van der Waals surface area contributed by atoms with Crippen molar-refractivity contribution < 1.29 is 9.53 Å². The fraction of sp³-hybridized carbons (Fsp3) is 0.176. The van der Waals surface area contributed by atoms with Gasteiger partial charge in [0.15, 0.2) is 0 Å². The lowest BCUT2D eigenvalue weighted by Gasteiger charge is -2.09. The third kappa shape index (κ3) is 2.41. The van der Waals surface area contributed by atoms with E-state index >= 15 is 0 Å². The number of fused-ring (bicyclic) bond motifs is 1. The van der Waals surface area contributed by atoms with Crippen molar-refractivity contribution >= 4 is 17.2 Å². The third-order valence-corrected chi connectivity index (χ3v) is 3.70. The van der Waals surface area contributed by atoms with Gasteiger partial charge in [-0.05, 0) is 38.1 Å². The summed E-state index contributed by atoms with van der Waals surface area (Å²) < 4.78 is 7.19. The largest absolute Gasteiger partial charge is 0.496 e. The van der Waals surface area contributed by atoms with E-state index in [4.69, 9.17) is 4.74 Å². The Kier molecular flexibility index (Phi) is 3.55. The van der Waals surface area contributed by atoms with Gasteiger partial charge in [0, 0.05) is 11.9 Å². The molecule has 1 amide bonds. The first kappa shape index (κ1) is 14.1. The van der Waals surface area contributed by atoms with Crippen LogP contribution in [0.3, 0.4) is 0 Å². The zero-order chi connectivity index (χ0) is 15.7. The molecular formula is C17H17N3O2. The van der Waals surface area contributed by atoms with E-state index in [9.17, 15) is 4.79 Å². The second-order valence-corrected chi connectivity index (χ2v) is 5.08. The lowest BCUT2D eigenvalue weighted by molar-refractivity contribution is 0.102. The molecule has 1 aromatic carbocycles. The molecule has 0 aliphatic carbocycles. The van der Waals surface area contributed by atoms with E-state index in [-0.39, 0.29) is 5.91 Å². The van der Waals surface area contributed by atoms with Gasteiger partial charge in [0.25, 0.3) is 5.91 Å². The van der Waals surface area contributed by atoms with Crippen molar-refractivity contribution in [3.8, 4) is 5.75 Å². The van der Waals surface area contributed by atoms with Gasteiger partial charge in [0.05, 0.1) is 24.1 Å². The molecule has 0 saturated heterocycles. The number of pyridine rings is 1. The molecule has 2 heterocycles. The molecule has 0 aliphatic rings. The number of imidazole rings is 1. The van der Waals surface area contributed by atoms with Crippen molar-refractivity contribution in [3.63, 3.8) is 0 Å². The van der Waals surface area contributed by atoms with Gasteiger partial charge in [0.2, 0.25) is 0 Å². The maximum atomic E-state index is 12.4. The minimum absolute atomic E-state index is 0.203. The number of hydrogen-bond acceptors (Lipinski definition) is 3. The molecule has 0 aliphatic heterocycles. The molecule has 2 aromatic heterocycles. The highest BCUT2D eigenvalue weighted by molar-refractivity contribution is 6.06. The lowest BCUT2D eigenvalue weighted by atomic mass is 10.2. The van der Waals surface area contributed by atoms with E-state index in [1.54, 1.807) is 19.2 Å². The molecule has 0 fully saturated rings. The lowest BCUT2D eigenvalue weighted by Crippen LogP contribution is -2.13. The van der Waals surface area contributed by atoms with Crippen molar-refractivity contribution in [2.75, 3.05) is 12.4 Å². The minimum Gasteiger partial charge on any atom is -0.496 e. The van der Waals surface area contributed by atoms with Crippen molar-refractivity contribution in [3.05, 3.63) is 59.5 Å². The van der Waals surface area contributed by atoms with Crippen LogP contribution < -0.4 is 10.1 Å². The fourth-order valence-electron chi connectivity index (χ4n) is 2.38. The van der Waals surface area contributed by atoms with Crippen LogP contribution in [0, 0.1) is 13.8 Å². The molecule has 0 spiro atoms. The Morgan fingerprint density at radius 1 is 1.18 bits per heavy atom. The molecular weight excluding hydrogens is 278 g/mol. The predicted octanol–water partition coefficient (Wildman–Crippen LogP) is 3.21. The number of amides is 1. The summed E-state index contributed by atoms with van der Waals surface area (Å²) in [4.78, 5) is 16.9. The molecule has 0 saturated carbocycles. The number of carbonyl (C=O) groups is 1. The maximum absolute atomic E-state index is 12.4. The van der Waals surface area contributed by atoms with E-state index in [0.29, 0.717) is 17.0 Å². The SMILES string of the molecule is COc1ccccc1C(=O)Nc1ccc2nc(C)c(C)n2c1. The monoisotopic (exact) mass is 295 g/mol. The molecule has 22 heavy (non-hydrogen) atoms. The normalized spacial score (nSPS) is 10.7. The highest BCUT2D eigenvalue weighted by Crippen LogP contribution is 2.20. The third-order valence-electron chi connectivity index (χ3n) is 3.70. The van der Waals surface area contributed by atoms with Gasteiger partial charge in [-0.15, -0.1) is 0 Å². The Morgan fingerprint density at radius 3 is 2.73 bits per heavy atom. The standard InChI is InChI=1S/C17H17N3O2/c1-11-12(2)20-10-13(8-9-16(20)18-11)19-17(21)14-6-4-5-7-15(14)22-3/h4-10H,1-3H3,(H,19,21). The molecule has 5 nitrogen and oxygen atoms in total. The number of para-hydroxylation sites is 1. The molecule has 112 valence electrons. The number of hydrogen-bond donors (Lipinski definition) is 1. The zero-order valence-electron chi connectivity index (χ0n) is 12.8. The van der Waals surface area contributed by atoms with Gasteiger partial charge in [-0.3, -0.25) is 4.79 Å². The number of carbonyl (C=O) groups excluding carboxylic acids is 1. The number of nitrogens with zero attached hydrogens (tertiary/aromatic N) is 2. The first-order valence-corrected chi connectivity index (χ1v) is 7.00. The van der Waals surface area contributed by atoms with Crippen molar-refractivity contribution in [1.82, 2.24) is 9.38 Å². The van der Waals surface area contributed by atoms with Crippen LogP contribution in [0.25, 0.3) is 5.65 Å². The maximum Gasteiger partial charge on any atom is 0.259 e. The van der Waals surface area contributed by atoms with Crippen LogP contribution in [0.2, 0.25) is 0 Å². The number of aryl methyl sites for hydroxylation is 2. The summed E-state index contributed by atoms with van der Waals surface area (Å²) in [6.45, 7) is 3.97. The highest BCUT2D eigenvalue weighted by atomic mass is 16.5. The average molecular weight is 295 g/mol. The predicted molar refractivity (Wildman–Crippen MR) is 85.6 cm³/mol. The Balaban J connectivity index is 1.92. The highest BCUT2D eigenvalue weighted by Gasteiger charge is 2.12. The van der Waals surface area contributed by atoms with Crippen molar-refractivity contribution in [2.45, 2.75) is 13.8 Å². The number of aromatic nitrogens is 2. The molecule has 5 heteroatoms. The van der Waals surface area contributed by atoms with Gasteiger partial charge in [-0.25, -0.2) is 4.98 Å². The molecule has 0 atom stereocenters. The number of anilines is 1. The zero-order valence-corrected chi connectivity index (χ0v) is 12.8. The van der Waals surface area contributed by atoms with E-state index in [2.05, 4.69) is 10.3 Å². The second kappa shape index (κ2) is 5.52. The fourth-order valence-corrected chi connectivity index (χ4v) is 2.38. The first-order chi connectivity index (χ1) is 10.6. The summed E-state index contributed by atoms with van der Waals surface area (Å²) in [6.07, 6.45) is 1.87. The van der Waals surface area contributed by atoms with Crippen LogP contribution in [-0.2, 0) is 0 Å². The summed E-state index contributed by atoms with van der Waals surface area (Å²) in [5, 5.41) is 2.89. The Bertz CT molecular complexity index is 852. The van der Waals surface area contributed by atoms with Gasteiger partial charge >= 0.3 is 0 Å². The molecule has 3 rings (SSSR count). The van der Waals surface area contributed by atoms with E-state index in [1.165, 1.54) is 0 Å². The quantitative estimate of drug-likeness (QED) is 0.807. The van der Waals surface area contributed by atoms with Crippen LogP contribution in [0.4, 0.5) is 5.69 Å². The van der Waals surface area contributed by atoms with E-state index in [0.717, 1.165) is 17.0 Å². The van der Waals surface area contributed by atoms with Crippen LogP contribution >= 0.6 is 0 Å². The van der Waals surface area contributed by atoms with Gasteiger partial charge in [0.1, 0.15) is 11.4 Å².